The fourth-order valence-corrected chi connectivity index (χ4v) is 3.27. The number of aromatic amines is 1. The number of likely N-dealkylation sites (tertiary alicyclic amines) is 1. The number of nitrogens with zero attached hydrogens (tertiary/aromatic N) is 3. The zero-order valence-corrected chi connectivity index (χ0v) is 14.4. The topological polar surface area (TPSA) is 99.2 Å². The minimum absolute atomic E-state index is 0.00251. The van der Waals surface area contributed by atoms with Gasteiger partial charge in [-0.2, -0.15) is 0 Å². The fourth-order valence-electron chi connectivity index (χ4n) is 3.27. The van der Waals surface area contributed by atoms with Crippen LogP contribution in [0.2, 0.25) is 0 Å². The molecule has 2 aromatic heterocycles. The van der Waals surface area contributed by atoms with E-state index < -0.39 is 6.10 Å². The van der Waals surface area contributed by atoms with Crippen molar-refractivity contribution in [2.45, 2.75) is 32.8 Å². The Balaban J connectivity index is 1.67. The summed E-state index contributed by atoms with van der Waals surface area (Å²) in [6.45, 7) is 4.19. The van der Waals surface area contributed by atoms with Gasteiger partial charge in [-0.3, -0.25) is 14.6 Å². The maximum Gasteiger partial charge on any atom is 0.254 e. The second kappa shape index (κ2) is 7.14. The lowest BCUT2D eigenvalue weighted by molar-refractivity contribution is -0.129. The van der Waals surface area contributed by atoms with Gasteiger partial charge in [-0.05, 0) is 32.4 Å². The van der Waals surface area contributed by atoms with Crippen LogP contribution in [0.15, 0.2) is 29.2 Å². The molecule has 3 heterocycles. The van der Waals surface area contributed by atoms with E-state index in [1.54, 1.807) is 24.9 Å². The highest BCUT2D eigenvalue weighted by Crippen LogP contribution is 2.21. The molecule has 7 nitrogen and oxygen atoms in total. The number of carbonyl (C=O) groups is 1. The number of aliphatic hydroxyl groups is 1. The van der Waals surface area contributed by atoms with Crippen LogP contribution in [0.5, 0.6) is 0 Å². The largest absolute Gasteiger partial charge is 0.391 e. The second-order valence-corrected chi connectivity index (χ2v) is 6.54. The van der Waals surface area contributed by atoms with Crippen molar-refractivity contribution >= 4 is 5.91 Å². The van der Waals surface area contributed by atoms with Gasteiger partial charge in [0, 0.05) is 42.2 Å². The highest BCUT2D eigenvalue weighted by atomic mass is 16.3. The van der Waals surface area contributed by atoms with Crippen molar-refractivity contribution in [3.63, 3.8) is 0 Å². The minimum Gasteiger partial charge on any atom is -0.391 e. The summed E-state index contributed by atoms with van der Waals surface area (Å²) in [6.07, 6.45) is 1.76. The molecule has 1 fully saturated rings. The van der Waals surface area contributed by atoms with Gasteiger partial charge in [-0.25, -0.2) is 4.98 Å². The summed E-state index contributed by atoms with van der Waals surface area (Å²) in [5.74, 6) is 0.321. The number of aliphatic hydroxyl groups excluding tert-OH is 1. The molecule has 0 aliphatic carbocycles. The van der Waals surface area contributed by atoms with Gasteiger partial charge in [-0.1, -0.05) is 6.07 Å². The lowest BCUT2D eigenvalue weighted by atomic mass is 10.00. The van der Waals surface area contributed by atoms with Crippen molar-refractivity contribution in [2.24, 2.45) is 5.92 Å². The van der Waals surface area contributed by atoms with Crippen molar-refractivity contribution in [2.75, 3.05) is 13.1 Å². The predicted molar refractivity (Wildman–Crippen MR) is 92.1 cm³/mol. The SMILES string of the molecule is Cc1nc(C)c(CC(=O)N2C[C@@H](Cc3ccccn3)[C@H](O)C2)c(=O)[nH]1. The maximum absolute atomic E-state index is 12.6. The van der Waals surface area contributed by atoms with Crippen molar-refractivity contribution in [3.8, 4) is 0 Å². The molecule has 2 atom stereocenters. The highest BCUT2D eigenvalue weighted by molar-refractivity contribution is 5.79. The summed E-state index contributed by atoms with van der Waals surface area (Å²) in [7, 11) is 0. The molecule has 1 saturated heterocycles. The van der Waals surface area contributed by atoms with Crippen LogP contribution in [0.1, 0.15) is 22.8 Å². The molecular weight excluding hydrogens is 320 g/mol. The summed E-state index contributed by atoms with van der Waals surface area (Å²) < 4.78 is 0. The second-order valence-electron chi connectivity index (χ2n) is 6.54. The molecule has 0 unspecified atom stereocenters. The number of pyridine rings is 1. The number of aromatic nitrogens is 3. The smallest absolute Gasteiger partial charge is 0.254 e. The van der Waals surface area contributed by atoms with Gasteiger partial charge in [0.2, 0.25) is 5.91 Å². The first-order valence-electron chi connectivity index (χ1n) is 8.36. The number of hydrogen-bond donors (Lipinski definition) is 2. The van der Waals surface area contributed by atoms with E-state index >= 15 is 0 Å². The number of H-pyrrole nitrogens is 1. The standard InChI is InChI=1S/C18H22N4O3/c1-11-15(18(25)21-12(2)20-11)8-17(24)22-9-13(16(23)10-22)7-14-5-3-4-6-19-14/h3-6,13,16,23H,7-10H2,1-2H3,(H,20,21,25)/t13-,16-/m1/s1. The zero-order valence-electron chi connectivity index (χ0n) is 14.4. The van der Waals surface area contributed by atoms with Crippen LogP contribution in [0, 0.1) is 19.8 Å². The molecular formula is C18H22N4O3. The highest BCUT2D eigenvalue weighted by Gasteiger charge is 2.34. The predicted octanol–water partition coefficient (Wildman–Crippen LogP) is 0.386. The Morgan fingerprint density at radius 1 is 1.36 bits per heavy atom. The van der Waals surface area contributed by atoms with E-state index in [1.165, 1.54) is 0 Å². The summed E-state index contributed by atoms with van der Waals surface area (Å²) in [6, 6.07) is 5.67. The molecule has 0 spiro atoms. The Morgan fingerprint density at radius 3 is 2.84 bits per heavy atom. The van der Waals surface area contributed by atoms with Crippen LogP contribution in [0.3, 0.4) is 0 Å². The first-order valence-corrected chi connectivity index (χ1v) is 8.36. The molecule has 7 heteroatoms. The van der Waals surface area contributed by atoms with Crippen molar-refractivity contribution < 1.29 is 9.90 Å². The fraction of sp³-hybridized carbons (Fsp3) is 0.444. The molecule has 132 valence electrons. The van der Waals surface area contributed by atoms with Gasteiger partial charge in [-0.15, -0.1) is 0 Å². The summed E-state index contributed by atoms with van der Waals surface area (Å²) >= 11 is 0. The Labute approximate surface area is 145 Å². The lowest BCUT2D eigenvalue weighted by Gasteiger charge is -2.16. The van der Waals surface area contributed by atoms with E-state index in [1.807, 2.05) is 18.2 Å². The van der Waals surface area contributed by atoms with E-state index in [9.17, 15) is 14.7 Å². The zero-order chi connectivity index (χ0) is 18.0. The van der Waals surface area contributed by atoms with Crippen LogP contribution >= 0.6 is 0 Å². The van der Waals surface area contributed by atoms with Crippen LogP contribution in [0.4, 0.5) is 0 Å². The molecule has 0 radical (unpaired) electrons. The molecule has 25 heavy (non-hydrogen) atoms. The molecule has 0 aromatic carbocycles. The van der Waals surface area contributed by atoms with E-state index in [2.05, 4.69) is 15.0 Å². The molecule has 0 saturated carbocycles. The van der Waals surface area contributed by atoms with Crippen LogP contribution in [-0.4, -0.2) is 50.1 Å². The van der Waals surface area contributed by atoms with Gasteiger partial charge in [0.05, 0.1) is 12.5 Å². The molecule has 1 aliphatic rings. The maximum atomic E-state index is 12.6. The number of hydrogen-bond acceptors (Lipinski definition) is 5. The third-order valence-electron chi connectivity index (χ3n) is 4.63. The molecule has 1 amide bonds. The average molecular weight is 342 g/mol. The number of rotatable bonds is 4. The number of carbonyl (C=O) groups excluding carboxylic acids is 1. The van der Waals surface area contributed by atoms with Crippen molar-refractivity contribution in [1.82, 2.24) is 19.9 Å². The van der Waals surface area contributed by atoms with Crippen LogP contribution < -0.4 is 5.56 Å². The van der Waals surface area contributed by atoms with Crippen molar-refractivity contribution in [3.05, 3.63) is 57.5 Å². The number of β-amino-alcohol motifs (C(OH)–C–C–N with tert-alkyl or cyclic N) is 1. The van der Waals surface area contributed by atoms with E-state index in [0.717, 1.165) is 5.69 Å². The minimum atomic E-state index is -0.582. The van der Waals surface area contributed by atoms with E-state index in [-0.39, 0.29) is 30.3 Å². The molecule has 2 N–H and O–H groups in total. The quantitative estimate of drug-likeness (QED) is 0.837. The average Bonchev–Trinajstić information content (AvgIpc) is 2.92. The molecule has 3 rings (SSSR count). The van der Waals surface area contributed by atoms with Crippen LogP contribution in [-0.2, 0) is 17.6 Å². The first-order chi connectivity index (χ1) is 11.9. The van der Waals surface area contributed by atoms with E-state index in [4.69, 9.17) is 0 Å². The van der Waals surface area contributed by atoms with Gasteiger partial charge in [0.1, 0.15) is 5.82 Å². The van der Waals surface area contributed by atoms with E-state index in [0.29, 0.717) is 30.0 Å². The summed E-state index contributed by atoms with van der Waals surface area (Å²) in [5.41, 5.74) is 1.58. The summed E-state index contributed by atoms with van der Waals surface area (Å²) in [5, 5.41) is 10.3. The third-order valence-corrected chi connectivity index (χ3v) is 4.63. The lowest BCUT2D eigenvalue weighted by Crippen LogP contribution is -2.33. The third kappa shape index (κ3) is 3.93. The monoisotopic (exact) mass is 342 g/mol. The molecule has 0 bridgehead atoms. The number of nitrogens with one attached hydrogen (secondary N) is 1. The molecule has 2 aromatic rings. The van der Waals surface area contributed by atoms with Gasteiger partial charge in [0.25, 0.3) is 5.56 Å². The number of aryl methyl sites for hydroxylation is 2. The Kier molecular flexibility index (Phi) is 4.94. The normalized spacial score (nSPS) is 20.0. The Bertz CT molecular complexity index is 819. The Morgan fingerprint density at radius 2 is 2.16 bits per heavy atom. The van der Waals surface area contributed by atoms with Gasteiger partial charge < -0.3 is 15.0 Å². The van der Waals surface area contributed by atoms with Gasteiger partial charge in [0.15, 0.2) is 0 Å². The number of amides is 1. The first kappa shape index (κ1) is 17.3. The summed E-state index contributed by atoms with van der Waals surface area (Å²) in [4.78, 5) is 37.4. The van der Waals surface area contributed by atoms with Crippen molar-refractivity contribution in [1.29, 1.82) is 0 Å². The van der Waals surface area contributed by atoms with Crippen LogP contribution in [0.25, 0.3) is 0 Å². The molecule has 1 aliphatic heterocycles. The Hall–Kier alpha value is -2.54. The van der Waals surface area contributed by atoms with Gasteiger partial charge >= 0.3 is 0 Å².